The van der Waals surface area contributed by atoms with E-state index in [1.807, 2.05) is 0 Å². The van der Waals surface area contributed by atoms with E-state index in [4.69, 9.17) is 17.3 Å². The normalized spacial score (nSPS) is 13.1. The van der Waals surface area contributed by atoms with Crippen molar-refractivity contribution in [3.63, 3.8) is 0 Å². The number of nitrogens with zero attached hydrogens (tertiary/aromatic N) is 3. The third-order valence-electron chi connectivity index (χ3n) is 4.86. The van der Waals surface area contributed by atoms with E-state index in [2.05, 4.69) is 15.4 Å². The first-order valence-electron chi connectivity index (χ1n) is 9.25. The predicted molar refractivity (Wildman–Crippen MR) is 108 cm³/mol. The van der Waals surface area contributed by atoms with Crippen LogP contribution < -0.4 is 15.5 Å². The Hall–Kier alpha value is -3.46. The summed E-state index contributed by atoms with van der Waals surface area (Å²) in [6.45, 7) is 0.640. The highest BCUT2D eigenvalue weighted by molar-refractivity contribution is 6.36. The first kappa shape index (κ1) is 18.6. The number of nitrogens with one attached hydrogen (secondary N) is 1. The number of hydrogen-bond donors (Lipinski definition) is 1. The van der Waals surface area contributed by atoms with Crippen molar-refractivity contribution in [3.05, 3.63) is 71.4 Å². The molecule has 148 valence electrons. The van der Waals surface area contributed by atoms with Gasteiger partial charge in [0.2, 0.25) is 0 Å². The summed E-state index contributed by atoms with van der Waals surface area (Å²) in [7, 11) is 6.00. The molecular formula is C21H15BF2N4O2. The topological polar surface area (TPSA) is 60.7 Å². The number of anilines is 1. The maximum absolute atomic E-state index is 14.3. The van der Waals surface area contributed by atoms with Crippen LogP contribution in [0.5, 0.6) is 5.75 Å². The fraction of sp³-hybridized carbons (Fsp3) is 0.143. The summed E-state index contributed by atoms with van der Waals surface area (Å²) in [6.07, 6.45) is 1.48. The summed E-state index contributed by atoms with van der Waals surface area (Å²) >= 11 is 0. The van der Waals surface area contributed by atoms with E-state index in [1.165, 1.54) is 28.9 Å². The van der Waals surface area contributed by atoms with Crippen molar-refractivity contribution in [1.29, 1.82) is 0 Å². The molecule has 5 rings (SSSR count). The maximum Gasteiger partial charge on any atom is 0.189 e. The zero-order valence-electron chi connectivity index (χ0n) is 15.7. The van der Waals surface area contributed by atoms with Gasteiger partial charge in [0, 0.05) is 35.5 Å². The average molecular weight is 404 g/mol. The standard InChI is InChI=1S/C21H15BF2N4O2/c22-16-9-26-28-19(7-18(27-21(16)28)15-3-1-2-4-17(15)24)25-8-12-5-14(23)6-13-10-29-11-30-20(12)13/h1-7,9,25H,8,10-11H2. The van der Waals surface area contributed by atoms with Crippen LogP contribution >= 0.6 is 0 Å². The van der Waals surface area contributed by atoms with Gasteiger partial charge >= 0.3 is 0 Å². The molecule has 0 atom stereocenters. The summed E-state index contributed by atoms with van der Waals surface area (Å²) in [5, 5.41) is 7.46. The molecule has 0 amide bonds. The van der Waals surface area contributed by atoms with Gasteiger partial charge in [-0.15, -0.1) is 0 Å². The number of benzene rings is 2. The minimum atomic E-state index is -0.397. The summed E-state index contributed by atoms with van der Waals surface area (Å²) < 4.78 is 40.7. The number of halogens is 2. The van der Waals surface area contributed by atoms with Gasteiger partial charge in [-0.25, -0.2) is 13.8 Å². The Labute approximate surface area is 171 Å². The van der Waals surface area contributed by atoms with Gasteiger partial charge in [0.05, 0.1) is 12.3 Å². The lowest BCUT2D eigenvalue weighted by molar-refractivity contribution is -0.0172. The molecule has 0 unspecified atom stereocenters. The fourth-order valence-corrected chi connectivity index (χ4v) is 3.49. The summed E-state index contributed by atoms with van der Waals surface area (Å²) in [6, 6.07) is 10.8. The Balaban J connectivity index is 1.55. The smallest absolute Gasteiger partial charge is 0.189 e. The van der Waals surface area contributed by atoms with Gasteiger partial charge in [0.25, 0.3) is 0 Å². The predicted octanol–water partition coefficient (Wildman–Crippen LogP) is 2.95. The molecule has 1 aliphatic heterocycles. The monoisotopic (exact) mass is 404 g/mol. The lowest BCUT2D eigenvalue weighted by Gasteiger charge is -2.21. The number of aromatic nitrogens is 3. The fourth-order valence-electron chi connectivity index (χ4n) is 3.49. The van der Waals surface area contributed by atoms with Crippen molar-refractivity contribution in [1.82, 2.24) is 14.6 Å². The van der Waals surface area contributed by atoms with Crippen molar-refractivity contribution in [2.75, 3.05) is 12.1 Å². The van der Waals surface area contributed by atoms with E-state index in [-0.39, 0.29) is 25.8 Å². The molecule has 2 aromatic carbocycles. The zero-order valence-corrected chi connectivity index (χ0v) is 15.7. The highest BCUT2D eigenvalue weighted by atomic mass is 19.1. The molecule has 30 heavy (non-hydrogen) atoms. The molecule has 0 spiro atoms. The molecule has 0 saturated carbocycles. The second-order valence-corrected chi connectivity index (χ2v) is 6.86. The second-order valence-electron chi connectivity index (χ2n) is 6.86. The van der Waals surface area contributed by atoms with Gasteiger partial charge in [-0.05, 0) is 29.7 Å². The Bertz CT molecular complexity index is 1260. The van der Waals surface area contributed by atoms with Crippen LogP contribution in [0.2, 0.25) is 0 Å². The van der Waals surface area contributed by atoms with Crippen molar-refractivity contribution >= 4 is 24.8 Å². The minimum absolute atomic E-state index is 0.109. The molecule has 0 aliphatic carbocycles. The lowest BCUT2D eigenvalue weighted by atomic mass is 10.0. The first-order valence-corrected chi connectivity index (χ1v) is 9.25. The van der Waals surface area contributed by atoms with Gasteiger partial charge in [-0.3, -0.25) is 0 Å². The molecule has 2 aromatic heterocycles. The Morgan fingerprint density at radius 2 is 2.03 bits per heavy atom. The maximum atomic E-state index is 14.3. The lowest BCUT2D eigenvalue weighted by Crippen LogP contribution is -2.15. The van der Waals surface area contributed by atoms with Crippen LogP contribution in [0.3, 0.4) is 0 Å². The molecular weight excluding hydrogens is 389 g/mol. The molecule has 0 saturated heterocycles. The molecule has 1 aliphatic rings. The van der Waals surface area contributed by atoms with Crippen LogP contribution in [0.25, 0.3) is 16.9 Å². The molecule has 6 nitrogen and oxygen atoms in total. The third kappa shape index (κ3) is 3.27. The van der Waals surface area contributed by atoms with Crippen molar-refractivity contribution in [2.45, 2.75) is 13.2 Å². The van der Waals surface area contributed by atoms with Gasteiger partial charge in [0.15, 0.2) is 12.4 Å². The van der Waals surface area contributed by atoms with E-state index >= 15 is 0 Å². The Morgan fingerprint density at radius 1 is 1.17 bits per heavy atom. The molecule has 9 heteroatoms. The van der Waals surface area contributed by atoms with E-state index in [9.17, 15) is 8.78 Å². The van der Waals surface area contributed by atoms with Gasteiger partial charge in [-0.2, -0.15) is 9.61 Å². The molecule has 2 radical (unpaired) electrons. The van der Waals surface area contributed by atoms with Gasteiger partial charge in [-0.1, -0.05) is 12.1 Å². The highest BCUT2D eigenvalue weighted by Crippen LogP contribution is 2.30. The Kier molecular flexibility index (Phi) is 4.59. The van der Waals surface area contributed by atoms with Crippen LogP contribution in [-0.4, -0.2) is 29.2 Å². The third-order valence-corrected chi connectivity index (χ3v) is 4.86. The molecule has 0 fully saturated rings. The largest absolute Gasteiger partial charge is 0.467 e. The summed E-state index contributed by atoms with van der Waals surface area (Å²) in [5.74, 6) is 0.343. The summed E-state index contributed by atoms with van der Waals surface area (Å²) in [4.78, 5) is 4.46. The van der Waals surface area contributed by atoms with E-state index in [0.29, 0.717) is 45.1 Å². The molecule has 4 aromatic rings. The van der Waals surface area contributed by atoms with E-state index in [0.717, 1.165) is 0 Å². The van der Waals surface area contributed by atoms with Gasteiger partial charge in [0.1, 0.15) is 31.0 Å². The zero-order chi connectivity index (χ0) is 20.7. The van der Waals surface area contributed by atoms with E-state index < -0.39 is 5.82 Å². The average Bonchev–Trinajstić information content (AvgIpc) is 3.13. The van der Waals surface area contributed by atoms with Crippen LogP contribution in [0, 0.1) is 11.6 Å². The molecule has 1 N–H and O–H groups in total. The quantitative estimate of drug-likeness (QED) is 0.530. The van der Waals surface area contributed by atoms with Crippen molar-refractivity contribution in [2.24, 2.45) is 0 Å². The van der Waals surface area contributed by atoms with Crippen LogP contribution in [-0.2, 0) is 17.9 Å². The number of hydrogen-bond acceptors (Lipinski definition) is 5. The second kappa shape index (κ2) is 7.42. The SMILES string of the molecule is [B]c1cnn2c(NCc3cc(F)cc4c3OCOC4)cc(-c3ccccc3F)nc12. The van der Waals surface area contributed by atoms with E-state index in [1.54, 1.807) is 24.3 Å². The van der Waals surface area contributed by atoms with Crippen LogP contribution in [0.1, 0.15) is 11.1 Å². The van der Waals surface area contributed by atoms with Gasteiger partial charge < -0.3 is 14.8 Å². The van der Waals surface area contributed by atoms with Crippen LogP contribution in [0.4, 0.5) is 14.6 Å². The molecule has 3 heterocycles. The first-order chi connectivity index (χ1) is 14.6. The van der Waals surface area contributed by atoms with Crippen molar-refractivity contribution < 1.29 is 18.3 Å². The highest BCUT2D eigenvalue weighted by Gasteiger charge is 2.18. The Morgan fingerprint density at radius 3 is 2.90 bits per heavy atom. The number of ether oxygens (including phenoxy) is 2. The number of fused-ring (bicyclic) bond motifs is 2. The van der Waals surface area contributed by atoms with Crippen molar-refractivity contribution in [3.8, 4) is 17.0 Å². The molecule has 0 bridgehead atoms. The minimum Gasteiger partial charge on any atom is -0.467 e. The summed E-state index contributed by atoms with van der Waals surface area (Å²) in [5.41, 5.74) is 2.77. The number of rotatable bonds is 4. The van der Waals surface area contributed by atoms with Crippen LogP contribution in [0.15, 0.2) is 48.7 Å².